The molecule has 0 saturated heterocycles. The first-order valence-electron chi connectivity index (χ1n) is 5.27. The number of anilines is 1. The van der Waals surface area contributed by atoms with Crippen LogP contribution in [0.5, 0.6) is 0 Å². The fourth-order valence-corrected chi connectivity index (χ4v) is 2.52. The van der Waals surface area contributed by atoms with Gasteiger partial charge in [-0.05, 0) is 6.92 Å². The van der Waals surface area contributed by atoms with Crippen LogP contribution in [0.1, 0.15) is 13.3 Å². The van der Waals surface area contributed by atoms with Gasteiger partial charge in [0.05, 0.1) is 12.4 Å². The number of hydrogen-bond acceptors (Lipinski definition) is 8. The van der Waals surface area contributed by atoms with Gasteiger partial charge in [-0.15, -0.1) is 22.6 Å². The number of ether oxygens (including phenoxy) is 1. The fraction of sp³-hybridized carbons (Fsp3) is 0.556. The van der Waals surface area contributed by atoms with Crippen LogP contribution in [-0.4, -0.2) is 41.0 Å². The van der Waals surface area contributed by atoms with Crippen molar-refractivity contribution >= 4 is 52.5 Å². The van der Waals surface area contributed by atoms with E-state index >= 15 is 0 Å². The Labute approximate surface area is 125 Å². The first-order chi connectivity index (χ1) is 8.65. The molecule has 108 valence electrons. The third kappa shape index (κ3) is 7.31. The van der Waals surface area contributed by atoms with Crippen molar-refractivity contribution in [2.45, 2.75) is 17.7 Å². The Kier molecular flexibility index (Phi) is 9.48. The molecule has 1 aromatic rings. The Morgan fingerprint density at radius 2 is 2.21 bits per heavy atom. The third-order valence-corrected chi connectivity index (χ3v) is 3.59. The monoisotopic (exact) mass is 326 g/mol. The smallest absolute Gasteiger partial charge is 0.316 e. The number of amides is 1. The van der Waals surface area contributed by atoms with Crippen molar-refractivity contribution in [1.29, 1.82) is 0 Å². The molecule has 0 aliphatic rings. The van der Waals surface area contributed by atoms with E-state index in [4.69, 9.17) is 10.5 Å². The highest BCUT2D eigenvalue weighted by Gasteiger charge is 2.10. The molecule has 19 heavy (non-hydrogen) atoms. The Bertz CT molecular complexity index is 416. The Balaban J connectivity index is 0.00000324. The van der Waals surface area contributed by atoms with Crippen molar-refractivity contribution in [3.8, 4) is 0 Å². The maximum Gasteiger partial charge on any atom is 0.316 e. The largest absolute Gasteiger partial charge is 0.465 e. The number of nitrogens with one attached hydrogen (secondary N) is 1. The molecular formula is C9H15ClN4O3S2. The summed E-state index contributed by atoms with van der Waals surface area (Å²) in [4.78, 5) is 22.4. The number of hydrogen-bond donors (Lipinski definition) is 2. The number of rotatable bonds is 7. The maximum absolute atomic E-state index is 11.2. The van der Waals surface area contributed by atoms with Crippen LogP contribution in [0.15, 0.2) is 4.34 Å². The molecule has 0 bridgehead atoms. The number of esters is 1. The molecule has 0 aromatic carbocycles. The molecule has 0 spiro atoms. The first kappa shape index (κ1) is 18.1. The minimum Gasteiger partial charge on any atom is -0.465 e. The predicted molar refractivity (Wildman–Crippen MR) is 76.8 cm³/mol. The SMILES string of the molecule is CCOC(=O)CSc1nnc(NC(=O)CCN)s1.Cl. The summed E-state index contributed by atoms with van der Waals surface area (Å²) in [7, 11) is 0. The molecule has 0 saturated carbocycles. The molecule has 7 nitrogen and oxygen atoms in total. The molecule has 1 heterocycles. The summed E-state index contributed by atoms with van der Waals surface area (Å²) in [6.45, 7) is 2.39. The van der Waals surface area contributed by atoms with Crippen LogP contribution in [0.3, 0.4) is 0 Å². The highest BCUT2D eigenvalue weighted by molar-refractivity contribution is 8.01. The fourth-order valence-electron chi connectivity index (χ4n) is 0.955. The number of halogens is 1. The molecule has 0 aliphatic carbocycles. The van der Waals surface area contributed by atoms with E-state index in [1.807, 2.05) is 0 Å². The number of nitrogens with zero attached hydrogens (tertiary/aromatic N) is 2. The van der Waals surface area contributed by atoms with Crippen molar-refractivity contribution in [3.63, 3.8) is 0 Å². The van der Waals surface area contributed by atoms with E-state index in [0.29, 0.717) is 16.1 Å². The van der Waals surface area contributed by atoms with Gasteiger partial charge in [0.25, 0.3) is 0 Å². The first-order valence-corrected chi connectivity index (χ1v) is 7.07. The van der Waals surface area contributed by atoms with Gasteiger partial charge in [0.1, 0.15) is 0 Å². The van der Waals surface area contributed by atoms with Crippen molar-refractivity contribution in [3.05, 3.63) is 0 Å². The molecule has 1 aromatic heterocycles. The Morgan fingerprint density at radius 1 is 1.47 bits per heavy atom. The van der Waals surface area contributed by atoms with E-state index in [1.54, 1.807) is 6.92 Å². The number of carbonyl (C=O) groups excluding carboxylic acids is 2. The van der Waals surface area contributed by atoms with Gasteiger partial charge in [0.2, 0.25) is 11.0 Å². The van der Waals surface area contributed by atoms with E-state index in [2.05, 4.69) is 15.5 Å². The van der Waals surface area contributed by atoms with E-state index in [9.17, 15) is 9.59 Å². The molecule has 1 rings (SSSR count). The van der Waals surface area contributed by atoms with Gasteiger partial charge in [0.15, 0.2) is 4.34 Å². The minimum absolute atomic E-state index is 0. The van der Waals surface area contributed by atoms with E-state index in [0.717, 1.165) is 0 Å². The van der Waals surface area contributed by atoms with Crippen LogP contribution >= 0.6 is 35.5 Å². The third-order valence-electron chi connectivity index (χ3n) is 1.64. The second-order valence-electron chi connectivity index (χ2n) is 3.05. The molecule has 0 radical (unpaired) electrons. The summed E-state index contributed by atoms with van der Waals surface area (Å²) in [6, 6.07) is 0. The number of carbonyl (C=O) groups is 2. The summed E-state index contributed by atoms with van der Waals surface area (Å²) in [5.74, 6) is -0.318. The lowest BCUT2D eigenvalue weighted by Gasteiger charge is -1.98. The normalized spacial score (nSPS) is 9.58. The minimum atomic E-state index is -0.300. The Hall–Kier alpha value is -0.900. The lowest BCUT2D eigenvalue weighted by Crippen LogP contribution is -2.15. The summed E-state index contributed by atoms with van der Waals surface area (Å²) in [5.41, 5.74) is 5.25. The zero-order valence-electron chi connectivity index (χ0n) is 10.2. The zero-order chi connectivity index (χ0) is 13.4. The highest BCUT2D eigenvalue weighted by Crippen LogP contribution is 2.25. The van der Waals surface area contributed by atoms with E-state index in [-0.39, 0.29) is 43.0 Å². The molecule has 3 N–H and O–H groups in total. The number of nitrogens with two attached hydrogens (primary N) is 1. The average Bonchev–Trinajstić information content (AvgIpc) is 2.75. The molecule has 10 heteroatoms. The average molecular weight is 327 g/mol. The standard InChI is InChI=1S/C9H14N4O3S2.ClH/c1-2-16-7(15)5-17-9-13-12-8(18-9)11-6(14)3-4-10;/h2-5,10H2,1H3,(H,11,12,14);1H. The Morgan fingerprint density at radius 3 is 2.84 bits per heavy atom. The predicted octanol–water partition coefficient (Wildman–Crippen LogP) is 0.902. The summed E-state index contributed by atoms with van der Waals surface area (Å²) in [5, 5.41) is 10.6. The summed E-state index contributed by atoms with van der Waals surface area (Å²) < 4.78 is 5.38. The van der Waals surface area contributed by atoms with E-state index in [1.165, 1.54) is 23.1 Å². The van der Waals surface area contributed by atoms with Crippen molar-refractivity contribution in [1.82, 2.24) is 10.2 Å². The van der Waals surface area contributed by atoms with Crippen molar-refractivity contribution < 1.29 is 14.3 Å². The van der Waals surface area contributed by atoms with Crippen molar-refractivity contribution in [2.24, 2.45) is 5.73 Å². The maximum atomic E-state index is 11.2. The lowest BCUT2D eigenvalue weighted by molar-refractivity contribution is -0.139. The summed E-state index contributed by atoms with van der Waals surface area (Å²) >= 11 is 2.43. The second kappa shape index (κ2) is 9.96. The van der Waals surface area contributed by atoms with Crippen LogP contribution in [0.4, 0.5) is 5.13 Å². The van der Waals surface area contributed by atoms with Crippen LogP contribution in [-0.2, 0) is 14.3 Å². The number of thioether (sulfide) groups is 1. The van der Waals surface area contributed by atoms with Crippen LogP contribution in [0, 0.1) is 0 Å². The molecule has 0 aliphatic heterocycles. The van der Waals surface area contributed by atoms with Crippen LogP contribution in [0.2, 0.25) is 0 Å². The van der Waals surface area contributed by atoms with E-state index < -0.39 is 0 Å². The van der Waals surface area contributed by atoms with Gasteiger partial charge in [-0.3, -0.25) is 9.59 Å². The van der Waals surface area contributed by atoms with Gasteiger partial charge in [-0.1, -0.05) is 23.1 Å². The van der Waals surface area contributed by atoms with Gasteiger partial charge in [-0.25, -0.2) is 0 Å². The second-order valence-corrected chi connectivity index (χ2v) is 5.25. The van der Waals surface area contributed by atoms with Gasteiger partial charge in [-0.2, -0.15) is 0 Å². The highest BCUT2D eigenvalue weighted by atomic mass is 35.5. The number of aromatic nitrogens is 2. The molecule has 1 amide bonds. The lowest BCUT2D eigenvalue weighted by atomic mass is 10.4. The van der Waals surface area contributed by atoms with Crippen molar-refractivity contribution in [2.75, 3.05) is 24.2 Å². The quantitative estimate of drug-likeness (QED) is 0.435. The molecule has 0 fully saturated rings. The van der Waals surface area contributed by atoms with Crippen LogP contribution in [0.25, 0.3) is 0 Å². The topological polar surface area (TPSA) is 107 Å². The zero-order valence-corrected chi connectivity index (χ0v) is 12.7. The van der Waals surface area contributed by atoms with Gasteiger partial charge < -0.3 is 15.8 Å². The van der Waals surface area contributed by atoms with Crippen LogP contribution < -0.4 is 11.1 Å². The molecule has 0 atom stereocenters. The molecular weight excluding hydrogens is 312 g/mol. The van der Waals surface area contributed by atoms with Gasteiger partial charge >= 0.3 is 5.97 Å². The molecule has 0 unspecified atom stereocenters. The summed E-state index contributed by atoms with van der Waals surface area (Å²) in [6.07, 6.45) is 0.241. The van der Waals surface area contributed by atoms with Gasteiger partial charge in [0, 0.05) is 13.0 Å².